The first-order valence-corrected chi connectivity index (χ1v) is 17.1. The van der Waals surface area contributed by atoms with Gasteiger partial charge < -0.3 is 14.2 Å². The molecule has 1 aliphatic rings. The smallest absolute Gasteiger partial charge is 0.189 e. The van der Waals surface area contributed by atoms with Gasteiger partial charge >= 0.3 is 0 Å². The van der Waals surface area contributed by atoms with Crippen LogP contribution in [-0.4, -0.2) is 43.1 Å². The highest BCUT2D eigenvalue weighted by Crippen LogP contribution is 2.21. The van der Waals surface area contributed by atoms with Crippen LogP contribution in [0.2, 0.25) is 0 Å². The molecular formula is C32H62O4S. The molecule has 0 saturated carbocycles. The Morgan fingerprint density at radius 1 is 0.730 bits per heavy atom. The monoisotopic (exact) mass is 542 g/mol. The van der Waals surface area contributed by atoms with Crippen molar-refractivity contribution >= 4 is 16.9 Å². The number of unbranched alkanes of at least 4 members (excludes halogenated alkanes) is 17. The summed E-state index contributed by atoms with van der Waals surface area (Å²) in [6, 6.07) is 0. The van der Waals surface area contributed by atoms with Crippen LogP contribution in [0.4, 0.5) is 0 Å². The quantitative estimate of drug-likeness (QED) is 0.0966. The van der Waals surface area contributed by atoms with E-state index in [0.29, 0.717) is 19.6 Å². The van der Waals surface area contributed by atoms with Gasteiger partial charge in [-0.25, -0.2) is 0 Å². The third kappa shape index (κ3) is 23.5. The highest BCUT2D eigenvalue weighted by molar-refractivity contribution is 8.14. The summed E-state index contributed by atoms with van der Waals surface area (Å²) in [5, 5.41) is 0.357. The van der Waals surface area contributed by atoms with Gasteiger partial charge in [0.1, 0.15) is 0 Å². The Morgan fingerprint density at radius 2 is 1.27 bits per heavy atom. The summed E-state index contributed by atoms with van der Waals surface area (Å²) in [6.45, 7) is 7.22. The predicted molar refractivity (Wildman–Crippen MR) is 160 cm³/mol. The Balaban J connectivity index is 2.06. The minimum atomic E-state index is -0.105. The van der Waals surface area contributed by atoms with E-state index in [1.54, 1.807) is 0 Å². The molecule has 0 aromatic carbocycles. The lowest BCUT2D eigenvalue weighted by molar-refractivity contribution is -0.163. The van der Waals surface area contributed by atoms with Crippen LogP contribution in [0.3, 0.4) is 0 Å². The third-order valence-electron chi connectivity index (χ3n) is 7.33. The van der Waals surface area contributed by atoms with Crippen molar-refractivity contribution in [3.63, 3.8) is 0 Å². The summed E-state index contributed by atoms with van der Waals surface area (Å²) in [7, 11) is 0. The van der Waals surface area contributed by atoms with Gasteiger partial charge in [-0.15, -0.1) is 0 Å². The molecule has 0 aliphatic carbocycles. The van der Waals surface area contributed by atoms with Gasteiger partial charge in [-0.05, 0) is 32.1 Å². The molecule has 37 heavy (non-hydrogen) atoms. The Hall–Kier alpha value is -0.100. The van der Waals surface area contributed by atoms with E-state index in [4.69, 9.17) is 14.2 Å². The third-order valence-corrected chi connectivity index (χ3v) is 8.41. The summed E-state index contributed by atoms with van der Waals surface area (Å²) in [4.78, 5) is 12.5. The van der Waals surface area contributed by atoms with Gasteiger partial charge in [-0.3, -0.25) is 4.79 Å². The SMILES string of the molecule is CCCCCCCCCCCCCCCCOC[C@@H](COC1CCCCO1)SC(=O)CCCCCCC. The summed E-state index contributed by atoms with van der Waals surface area (Å²) in [5.74, 6) is 0. The van der Waals surface area contributed by atoms with Crippen LogP contribution in [0.25, 0.3) is 0 Å². The van der Waals surface area contributed by atoms with E-state index in [1.165, 1.54) is 114 Å². The van der Waals surface area contributed by atoms with E-state index >= 15 is 0 Å². The van der Waals surface area contributed by atoms with Crippen molar-refractivity contribution in [1.82, 2.24) is 0 Å². The van der Waals surface area contributed by atoms with Crippen LogP contribution in [0.15, 0.2) is 0 Å². The van der Waals surface area contributed by atoms with Crippen LogP contribution < -0.4 is 0 Å². The molecule has 1 unspecified atom stereocenters. The lowest BCUT2D eigenvalue weighted by Crippen LogP contribution is -2.28. The van der Waals surface area contributed by atoms with Crippen molar-refractivity contribution in [3.8, 4) is 0 Å². The molecule has 1 rings (SSSR count). The molecule has 0 N–H and O–H groups in total. The Labute approximate surface area is 235 Å². The summed E-state index contributed by atoms with van der Waals surface area (Å²) < 4.78 is 17.7. The highest BCUT2D eigenvalue weighted by Gasteiger charge is 2.20. The first kappa shape index (κ1) is 34.9. The first-order chi connectivity index (χ1) is 18.3. The Bertz CT molecular complexity index is 481. The van der Waals surface area contributed by atoms with Crippen LogP contribution in [0.5, 0.6) is 0 Å². The number of carbonyl (C=O) groups excluding carboxylic acids is 1. The molecule has 0 bridgehead atoms. The van der Waals surface area contributed by atoms with E-state index in [2.05, 4.69) is 13.8 Å². The molecule has 0 amide bonds. The molecule has 220 valence electrons. The van der Waals surface area contributed by atoms with Crippen molar-refractivity contribution in [2.24, 2.45) is 0 Å². The lowest BCUT2D eigenvalue weighted by Gasteiger charge is -2.25. The number of rotatable bonds is 27. The van der Waals surface area contributed by atoms with Crippen molar-refractivity contribution in [2.45, 2.75) is 173 Å². The molecule has 5 heteroatoms. The summed E-state index contributed by atoms with van der Waals surface area (Å²) in [5.41, 5.74) is 0. The van der Waals surface area contributed by atoms with Crippen molar-refractivity contribution in [1.29, 1.82) is 0 Å². The molecule has 4 nitrogen and oxygen atoms in total. The fourth-order valence-electron chi connectivity index (χ4n) is 4.90. The molecule has 2 atom stereocenters. The van der Waals surface area contributed by atoms with Gasteiger partial charge in [-0.1, -0.05) is 135 Å². The predicted octanol–water partition coefficient (Wildman–Crippen LogP) is 10.0. The largest absolute Gasteiger partial charge is 0.380 e. The highest BCUT2D eigenvalue weighted by atomic mass is 32.2. The summed E-state index contributed by atoms with van der Waals surface area (Å²) >= 11 is 1.44. The fourth-order valence-corrected chi connectivity index (χ4v) is 5.85. The van der Waals surface area contributed by atoms with Gasteiger partial charge in [0.15, 0.2) is 11.4 Å². The first-order valence-electron chi connectivity index (χ1n) is 16.3. The van der Waals surface area contributed by atoms with Crippen molar-refractivity contribution in [2.75, 3.05) is 26.4 Å². The standard InChI is InChI=1S/C32H62O4S/c1-3-5-7-9-10-11-12-13-14-15-16-17-19-22-26-34-28-30(29-36-32-25-21-23-27-35-32)37-31(33)24-20-18-8-6-4-2/h30,32H,3-29H2,1-2H3/t30-,32?/m0/s1. The van der Waals surface area contributed by atoms with E-state index in [-0.39, 0.29) is 16.7 Å². The number of hydrogen-bond donors (Lipinski definition) is 0. The molecule has 0 spiro atoms. The molecule has 1 heterocycles. The average molecular weight is 543 g/mol. The van der Waals surface area contributed by atoms with Gasteiger partial charge in [0, 0.05) is 19.6 Å². The number of hydrogen-bond acceptors (Lipinski definition) is 5. The molecule has 1 saturated heterocycles. The molecular weight excluding hydrogens is 480 g/mol. The minimum Gasteiger partial charge on any atom is -0.380 e. The number of thioether (sulfide) groups is 1. The fraction of sp³-hybridized carbons (Fsp3) is 0.969. The van der Waals surface area contributed by atoms with Crippen molar-refractivity contribution in [3.05, 3.63) is 0 Å². The minimum absolute atomic E-state index is 0.0697. The second-order valence-electron chi connectivity index (χ2n) is 11.1. The van der Waals surface area contributed by atoms with Crippen molar-refractivity contribution < 1.29 is 19.0 Å². The summed E-state index contributed by atoms with van der Waals surface area (Å²) in [6.07, 6.45) is 28.9. The lowest BCUT2D eigenvalue weighted by atomic mass is 10.0. The second-order valence-corrected chi connectivity index (χ2v) is 12.4. The Kier molecular flexibility index (Phi) is 25.9. The maximum absolute atomic E-state index is 12.5. The van der Waals surface area contributed by atoms with E-state index in [9.17, 15) is 4.79 Å². The zero-order valence-corrected chi connectivity index (χ0v) is 25.6. The number of carbonyl (C=O) groups is 1. The van der Waals surface area contributed by atoms with Crippen LogP contribution in [0.1, 0.15) is 162 Å². The maximum Gasteiger partial charge on any atom is 0.189 e. The normalized spacial score (nSPS) is 16.8. The van der Waals surface area contributed by atoms with Crippen LogP contribution in [-0.2, 0) is 19.0 Å². The van der Waals surface area contributed by atoms with E-state index in [0.717, 1.165) is 51.7 Å². The molecule has 0 aromatic heterocycles. The molecule has 1 aliphatic heterocycles. The number of ether oxygens (including phenoxy) is 3. The molecule has 0 aromatic rings. The average Bonchev–Trinajstić information content (AvgIpc) is 2.91. The topological polar surface area (TPSA) is 44.8 Å². The van der Waals surface area contributed by atoms with Crippen LogP contribution >= 0.6 is 11.8 Å². The Morgan fingerprint density at radius 3 is 1.81 bits per heavy atom. The second kappa shape index (κ2) is 27.5. The van der Waals surface area contributed by atoms with E-state index in [1.807, 2.05) is 0 Å². The van der Waals surface area contributed by atoms with Crippen LogP contribution in [0, 0.1) is 0 Å². The maximum atomic E-state index is 12.5. The van der Waals surface area contributed by atoms with Gasteiger partial charge in [0.25, 0.3) is 0 Å². The van der Waals surface area contributed by atoms with E-state index < -0.39 is 0 Å². The molecule has 0 radical (unpaired) electrons. The van der Waals surface area contributed by atoms with Gasteiger partial charge in [-0.2, -0.15) is 0 Å². The van der Waals surface area contributed by atoms with Gasteiger partial charge in [0.05, 0.1) is 18.5 Å². The van der Waals surface area contributed by atoms with Gasteiger partial charge in [0.2, 0.25) is 0 Å². The molecule has 1 fully saturated rings. The zero-order valence-electron chi connectivity index (χ0n) is 24.8. The zero-order chi connectivity index (χ0) is 26.7.